The van der Waals surface area contributed by atoms with Gasteiger partial charge in [-0.3, -0.25) is 9.69 Å². The fourth-order valence-corrected chi connectivity index (χ4v) is 3.46. The first-order chi connectivity index (χ1) is 9.08. The van der Waals surface area contributed by atoms with Crippen LogP contribution in [0.3, 0.4) is 0 Å². The number of piperidine rings is 1. The van der Waals surface area contributed by atoms with Crippen LogP contribution in [-0.4, -0.2) is 54.2 Å². The molecular weight excluding hydrogens is 254 g/mol. The first kappa shape index (κ1) is 17.6. The van der Waals surface area contributed by atoms with E-state index in [2.05, 4.69) is 32.6 Å². The summed E-state index contributed by atoms with van der Waals surface area (Å²) in [7, 11) is 1.80. The predicted octanol–water partition coefficient (Wildman–Crippen LogP) is 2.65. The summed E-state index contributed by atoms with van der Waals surface area (Å²) in [6.45, 7) is 13.7. The summed E-state index contributed by atoms with van der Waals surface area (Å²) >= 11 is 0. The lowest BCUT2D eigenvalue weighted by Crippen LogP contribution is -2.63. The minimum Gasteiger partial charge on any atom is -0.381 e. The number of hydrogen-bond donors (Lipinski definition) is 0. The second-order valence-corrected chi connectivity index (χ2v) is 7.33. The number of ether oxygens (including phenoxy) is 2. The number of rotatable bonds is 6. The Bertz CT molecular complexity index is 321. The van der Waals surface area contributed by atoms with Crippen LogP contribution in [0.15, 0.2) is 0 Å². The first-order valence-corrected chi connectivity index (χ1v) is 7.50. The molecule has 0 aromatic heterocycles. The zero-order valence-corrected chi connectivity index (χ0v) is 14.2. The summed E-state index contributed by atoms with van der Waals surface area (Å²) in [6.07, 6.45) is 2.40. The maximum Gasteiger partial charge on any atom is 0.155 e. The highest BCUT2D eigenvalue weighted by Gasteiger charge is 2.45. The molecule has 0 aromatic carbocycles. The van der Waals surface area contributed by atoms with Gasteiger partial charge in [-0.25, -0.2) is 0 Å². The van der Waals surface area contributed by atoms with Crippen molar-refractivity contribution in [2.24, 2.45) is 0 Å². The smallest absolute Gasteiger partial charge is 0.155 e. The molecule has 118 valence electrons. The molecule has 1 rings (SSSR count). The van der Waals surface area contributed by atoms with Gasteiger partial charge in [-0.2, -0.15) is 0 Å². The number of Topliss-reactive ketones (excluding diaryl/α,β-unsaturated/α-hetero) is 1. The summed E-state index contributed by atoms with van der Waals surface area (Å²) < 4.78 is 11.2. The van der Waals surface area contributed by atoms with E-state index < -0.39 is 0 Å². The second-order valence-electron chi connectivity index (χ2n) is 7.33. The van der Waals surface area contributed by atoms with E-state index in [1.165, 1.54) is 0 Å². The summed E-state index contributed by atoms with van der Waals surface area (Å²) in [4.78, 5) is 13.5. The highest BCUT2D eigenvalue weighted by molar-refractivity contribution is 5.76. The monoisotopic (exact) mass is 285 g/mol. The molecule has 20 heavy (non-hydrogen) atoms. The van der Waals surface area contributed by atoms with Crippen molar-refractivity contribution >= 4 is 5.78 Å². The van der Waals surface area contributed by atoms with Crippen LogP contribution < -0.4 is 0 Å². The van der Waals surface area contributed by atoms with Crippen molar-refractivity contribution in [3.8, 4) is 0 Å². The molecule has 4 heteroatoms. The zero-order valence-electron chi connectivity index (χ0n) is 14.2. The van der Waals surface area contributed by atoms with Crippen LogP contribution in [0.4, 0.5) is 0 Å². The van der Waals surface area contributed by atoms with E-state index in [1.807, 2.05) is 6.92 Å². The summed E-state index contributed by atoms with van der Waals surface area (Å²) in [5.74, 6) is 0.0773. The van der Waals surface area contributed by atoms with Crippen molar-refractivity contribution in [3.05, 3.63) is 0 Å². The molecule has 0 aromatic rings. The number of methoxy groups -OCH3 is 1. The van der Waals surface area contributed by atoms with Crippen LogP contribution in [0.5, 0.6) is 0 Å². The van der Waals surface area contributed by atoms with Gasteiger partial charge in [0.15, 0.2) is 5.78 Å². The van der Waals surface area contributed by atoms with Crippen LogP contribution in [0, 0.1) is 0 Å². The Hall–Kier alpha value is -0.450. The molecule has 0 bridgehead atoms. The van der Waals surface area contributed by atoms with Crippen molar-refractivity contribution in [2.75, 3.05) is 20.3 Å². The molecule has 1 fully saturated rings. The molecule has 0 spiro atoms. The van der Waals surface area contributed by atoms with Crippen molar-refractivity contribution in [3.63, 3.8) is 0 Å². The van der Waals surface area contributed by atoms with E-state index in [4.69, 9.17) is 9.47 Å². The Morgan fingerprint density at radius 2 is 1.75 bits per heavy atom. The highest BCUT2D eigenvalue weighted by atomic mass is 16.5. The molecule has 0 aliphatic carbocycles. The average Bonchev–Trinajstić information content (AvgIpc) is 2.30. The van der Waals surface area contributed by atoms with Gasteiger partial charge in [-0.15, -0.1) is 0 Å². The molecule has 1 heterocycles. The number of ketones is 1. The van der Waals surface area contributed by atoms with Gasteiger partial charge >= 0.3 is 0 Å². The summed E-state index contributed by atoms with van der Waals surface area (Å²) in [5, 5.41) is 0. The minimum atomic E-state index is 0.0524. The quantitative estimate of drug-likeness (QED) is 0.752. The Morgan fingerprint density at radius 1 is 1.25 bits per heavy atom. The van der Waals surface area contributed by atoms with E-state index in [-0.39, 0.29) is 29.6 Å². The highest BCUT2D eigenvalue weighted by Crippen LogP contribution is 2.39. The Morgan fingerprint density at radius 3 is 2.15 bits per heavy atom. The Labute approximate surface area is 123 Å². The normalized spacial score (nSPS) is 24.6. The standard InChI is InChI=1S/C16H31NO3/c1-12(18)11-20-13(2)10-17-15(3,4)8-14(19-7)9-16(17,5)6/h13-14H,8-11H2,1-7H3. The fraction of sp³-hybridized carbons (Fsp3) is 0.938. The largest absolute Gasteiger partial charge is 0.381 e. The minimum absolute atomic E-state index is 0.0524. The molecule has 0 radical (unpaired) electrons. The van der Waals surface area contributed by atoms with Gasteiger partial charge in [0.25, 0.3) is 0 Å². The van der Waals surface area contributed by atoms with Crippen LogP contribution in [-0.2, 0) is 14.3 Å². The maximum atomic E-state index is 11.0. The number of nitrogens with zero attached hydrogens (tertiary/aromatic N) is 1. The van der Waals surface area contributed by atoms with E-state index in [0.29, 0.717) is 6.10 Å². The summed E-state index contributed by atoms with van der Waals surface area (Å²) in [5.41, 5.74) is 0.131. The lowest BCUT2D eigenvalue weighted by Gasteiger charge is -2.55. The van der Waals surface area contributed by atoms with Gasteiger partial charge in [0.2, 0.25) is 0 Å². The summed E-state index contributed by atoms with van der Waals surface area (Å²) in [6, 6.07) is 0. The number of carbonyl (C=O) groups excluding carboxylic acids is 1. The topological polar surface area (TPSA) is 38.8 Å². The number of carbonyl (C=O) groups is 1. The lowest BCUT2D eigenvalue weighted by atomic mass is 9.78. The molecule has 1 aliphatic heterocycles. The van der Waals surface area contributed by atoms with Gasteiger partial charge in [-0.05, 0) is 54.4 Å². The van der Waals surface area contributed by atoms with E-state index in [1.54, 1.807) is 14.0 Å². The Balaban J connectivity index is 2.73. The van der Waals surface area contributed by atoms with Crippen molar-refractivity contribution in [2.45, 2.75) is 77.7 Å². The van der Waals surface area contributed by atoms with Gasteiger partial charge in [0, 0.05) is 24.7 Å². The molecule has 0 saturated carbocycles. The lowest BCUT2D eigenvalue weighted by molar-refractivity contribution is -0.128. The third-order valence-electron chi connectivity index (χ3n) is 4.26. The third kappa shape index (κ3) is 4.54. The zero-order chi connectivity index (χ0) is 15.6. The predicted molar refractivity (Wildman–Crippen MR) is 81.0 cm³/mol. The first-order valence-electron chi connectivity index (χ1n) is 7.50. The van der Waals surface area contributed by atoms with Crippen molar-refractivity contribution in [1.82, 2.24) is 4.90 Å². The van der Waals surface area contributed by atoms with Gasteiger partial charge in [0.05, 0.1) is 12.2 Å². The average molecular weight is 285 g/mol. The van der Waals surface area contributed by atoms with E-state index in [9.17, 15) is 4.79 Å². The third-order valence-corrected chi connectivity index (χ3v) is 4.26. The molecule has 0 N–H and O–H groups in total. The van der Waals surface area contributed by atoms with E-state index in [0.717, 1.165) is 19.4 Å². The van der Waals surface area contributed by atoms with E-state index >= 15 is 0 Å². The number of likely N-dealkylation sites (tertiary alicyclic amines) is 1. The SMILES string of the molecule is COC1CC(C)(C)N(CC(C)OCC(C)=O)C(C)(C)C1. The molecule has 1 unspecified atom stereocenters. The van der Waals surface area contributed by atoms with Crippen molar-refractivity contribution in [1.29, 1.82) is 0 Å². The molecule has 1 atom stereocenters. The second kappa shape index (κ2) is 6.54. The van der Waals surface area contributed by atoms with Crippen molar-refractivity contribution < 1.29 is 14.3 Å². The molecule has 1 aliphatic rings. The molecule has 0 amide bonds. The Kier molecular flexibility index (Phi) is 5.76. The fourth-order valence-electron chi connectivity index (χ4n) is 3.46. The van der Waals surface area contributed by atoms with Gasteiger partial charge < -0.3 is 9.47 Å². The molecular formula is C16H31NO3. The van der Waals surface area contributed by atoms with Crippen LogP contribution in [0.25, 0.3) is 0 Å². The van der Waals surface area contributed by atoms with Crippen LogP contribution in [0.1, 0.15) is 54.4 Å². The van der Waals surface area contributed by atoms with Crippen LogP contribution in [0.2, 0.25) is 0 Å². The van der Waals surface area contributed by atoms with Gasteiger partial charge in [-0.1, -0.05) is 0 Å². The van der Waals surface area contributed by atoms with Gasteiger partial charge in [0.1, 0.15) is 6.61 Å². The molecule has 1 saturated heterocycles. The molecule has 4 nitrogen and oxygen atoms in total. The van der Waals surface area contributed by atoms with Crippen LogP contribution >= 0.6 is 0 Å². The maximum absolute atomic E-state index is 11.0. The number of hydrogen-bond acceptors (Lipinski definition) is 4.